The second-order valence-electron chi connectivity index (χ2n) is 11.2. The van der Waals surface area contributed by atoms with Crippen molar-refractivity contribution in [1.29, 1.82) is 0 Å². The Hall–Kier alpha value is -3.94. The van der Waals surface area contributed by atoms with Crippen LogP contribution in [-0.4, -0.2) is 65.3 Å². The lowest BCUT2D eigenvalue weighted by Gasteiger charge is -2.41. The van der Waals surface area contributed by atoms with Crippen LogP contribution in [0.25, 0.3) is 5.65 Å². The van der Waals surface area contributed by atoms with Gasteiger partial charge in [0.1, 0.15) is 10.6 Å². The van der Waals surface area contributed by atoms with Crippen LogP contribution in [0.15, 0.2) is 59.6 Å². The number of hydrogen-bond acceptors (Lipinski definition) is 8. The van der Waals surface area contributed by atoms with E-state index in [1.807, 2.05) is 25.1 Å². The largest absolute Gasteiger partial charge is 0.480 e. The topological polar surface area (TPSA) is 112 Å². The highest BCUT2D eigenvalue weighted by Crippen LogP contribution is 2.39. The van der Waals surface area contributed by atoms with Gasteiger partial charge < -0.3 is 14.2 Å². The minimum Gasteiger partial charge on any atom is -0.480 e. The van der Waals surface area contributed by atoms with Crippen LogP contribution in [-0.2, 0) is 30.8 Å². The molecule has 232 valence electrons. The number of aryl methyl sites for hydroxylation is 2. The molecule has 2 aromatic carbocycles. The maximum Gasteiger partial charge on any atom is 0.306 e. The summed E-state index contributed by atoms with van der Waals surface area (Å²) in [5.41, 5.74) is 3.12. The summed E-state index contributed by atoms with van der Waals surface area (Å²) in [6.07, 6.45) is -1.34. The van der Waals surface area contributed by atoms with E-state index in [9.17, 15) is 22.0 Å². The molecule has 0 radical (unpaired) electrons. The van der Waals surface area contributed by atoms with Crippen LogP contribution in [0.3, 0.4) is 0 Å². The fourth-order valence-corrected chi connectivity index (χ4v) is 7.49. The summed E-state index contributed by atoms with van der Waals surface area (Å²) in [5.74, 6) is -1.12. The first-order valence-electron chi connectivity index (χ1n) is 14.3. The van der Waals surface area contributed by atoms with Crippen molar-refractivity contribution in [3.63, 3.8) is 0 Å². The number of carbonyl (C=O) groups excluding carboxylic acids is 1. The van der Waals surface area contributed by atoms with E-state index < -0.39 is 39.8 Å². The summed E-state index contributed by atoms with van der Waals surface area (Å²) in [7, 11) is -3.93. The van der Waals surface area contributed by atoms with Gasteiger partial charge in [-0.05, 0) is 66.8 Å². The molecule has 44 heavy (non-hydrogen) atoms. The number of hydrogen-bond donors (Lipinski definition) is 0. The Bertz CT molecular complexity index is 1840. The second kappa shape index (κ2) is 11.5. The lowest BCUT2D eigenvalue weighted by atomic mass is 9.85. The van der Waals surface area contributed by atoms with Gasteiger partial charge in [0.25, 0.3) is 6.43 Å². The third-order valence-corrected chi connectivity index (χ3v) is 10.1. The van der Waals surface area contributed by atoms with Crippen molar-refractivity contribution in [3.05, 3.63) is 88.4 Å². The van der Waals surface area contributed by atoms with Crippen LogP contribution in [0.2, 0.25) is 0 Å². The molecular weight excluding hydrogens is 594 g/mol. The Kier molecular flexibility index (Phi) is 7.89. The van der Waals surface area contributed by atoms with Gasteiger partial charge in [0.05, 0.1) is 32.8 Å². The van der Waals surface area contributed by atoms with Gasteiger partial charge in [-0.2, -0.15) is 4.31 Å². The van der Waals surface area contributed by atoms with Crippen LogP contribution < -0.4 is 4.74 Å². The van der Waals surface area contributed by atoms with Gasteiger partial charge in [-0.1, -0.05) is 30.3 Å². The van der Waals surface area contributed by atoms with Crippen molar-refractivity contribution in [1.82, 2.24) is 18.9 Å². The smallest absolute Gasteiger partial charge is 0.306 e. The molecule has 6 rings (SSSR count). The Morgan fingerprint density at radius 1 is 1.11 bits per heavy atom. The number of ether oxygens (including phenoxy) is 3. The average molecular weight is 627 g/mol. The minimum atomic E-state index is -3.93. The molecule has 1 fully saturated rings. The number of benzene rings is 2. The van der Waals surface area contributed by atoms with Gasteiger partial charge in [0.15, 0.2) is 11.2 Å². The number of sulfonamides is 1. The second-order valence-corrected chi connectivity index (χ2v) is 13.1. The molecule has 1 spiro atoms. The number of esters is 1. The monoisotopic (exact) mass is 626 g/mol. The zero-order chi connectivity index (χ0) is 31.2. The zero-order valence-corrected chi connectivity index (χ0v) is 25.3. The Morgan fingerprint density at radius 3 is 2.59 bits per heavy atom. The summed E-state index contributed by atoms with van der Waals surface area (Å²) in [4.78, 5) is 12.9. The zero-order valence-electron chi connectivity index (χ0n) is 24.5. The molecule has 0 amide bonds. The summed E-state index contributed by atoms with van der Waals surface area (Å²) in [6.45, 7) is 6.28. The van der Waals surface area contributed by atoms with Crippen LogP contribution in [0, 0.1) is 13.8 Å². The SMILES string of the molecule is CCOC(=O)CC(c1ccc(C)c(CN2CC3(COC3)Oc3ccccc3S2(=O)=O)c1)c1ccn2c(C(F)F)nnc2c1C. The highest BCUT2D eigenvalue weighted by Gasteiger charge is 2.49. The molecule has 0 N–H and O–H groups in total. The van der Waals surface area contributed by atoms with E-state index in [1.54, 1.807) is 38.1 Å². The molecule has 1 atom stereocenters. The number of fused-ring (bicyclic) bond motifs is 2. The van der Waals surface area contributed by atoms with E-state index in [0.717, 1.165) is 16.7 Å². The lowest BCUT2D eigenvalue weighted by Crippen LogP contribution is -2.60. The molecule has 0 aliphatic carbocycles. The molecule has 4 heterocycles. The Labute approximate surface area is 253 Å². The molecule has 13 heteroatoms. The minimum absolute atomic E-state index is 0.0210. The van der Waals surface area contributed by atoms with Gasteiger partial charge in [-0.25, -0.2) is 17.2 Å². The van der Waals surface area contributed by atoms with E-state index in [0.29, 0.717) is 16.9 Å². The van der Waals surface area contributed by atoms with E-state index in [-0.39, 0.29) is 49.9 Å². The average Bonchev–Trinajstić information content (AvgIpc) is 3.38. The summed E-state index contributed by atoms with van der Waals surface area (Å²) >= 11 is 0. The highest BCUT2D eigenvalue weighted by molar-refractivity contribution is 7.89. The number of rotatable bonds is 8. The highest BCUT2D eigenvalue weighted by atomic mass is 32.2. The van der Waals surface area contributed by atoms with Crippen LogP contribution in [0.5, 0.6) is 5.75 Å². The molecule has 1 unspecified atom stereocenters. The number of pyridine rings is 1. The van der Waals surface area contributed by atoms with Gasteiger partial charge in [-0.15, -0.1) is 10.2 Å². The fourth-order valence-electron chi connectivity index (χ4n) is 5.88. The van der Waals surface area contributed by atoms with Crippen LogP contribution in [0.4, 0.5) is 8.78 Å². The summed E-state index contributed by atoms with van der Waals surface area (Å²) in [5, 5.41) is 7.65. The van der Waals surface area contributed by atoms with Gasteiger partial charge in [0, 0.05) is 18.7 Å². The van der Waals surface area contributed by atoms with Gasteiger partial charge in [-0.3, -0.25) is 9.20 Å². The standard InChI is InChI=1S/C31H32F2N4O6S/c1-4-42-27(38)14-24(23-11-12-37-29(20(23)3)34-35-30(37)28(32)33)21-10-9-19(2)22(13-21)15-36-16-31(17-41-18-31)43-25-7-5-6-8-26(25)44(36,39)40/h5-13,24,28H,4,14-18H2,1-3H3. The van der Waals surface area contributed by atoms with E-state index in [1.165, 1.54) is 21.0 Å². The number of para-hydroxylation sites is 1. The van der Waals surface area contributed by atoms with Crippen molar-refractivity contribution < 1.29 is 36.2 Å². The Balaban J connectivity index is 1.41. The van der Waals surface area contributed by atoms with Gasteiger partial charge >= 0.3 is 5.97 Å². The van der Waals surface area contributed by atoms with Crippen molar-refractivity contribution in [2.45, 2.75) is 56.6 Å². The first kappa shape index (κ1) is 30.1. The van der Waals surface area contributed by atoms with E-state index >= 15 is 0 Å². The number of alkyl halides is 2. The molecule has 1 saturated heterocycles. The maximum absolute atomic E-state index is 13.9. The molecule has 10 nitrogen and oxygen atoms in total. The number of nitrogens with zero attached hydrogens (tertiary/aromatic N) is 4. The molecule has 2 aromatic heterocycles. The van der Waals surface area contributed by atoms with Crippen molar-refractivity contribution >= 4 is 21.6 Å². The van der Waals surface area contributed by atoms with Crippen LogP contribution >= 0.6 is 0 Å². The maximum atomic E-state index is 13.9. The molecule has 2 aliphatic rings. The lowest BCUT2D eigenvalue weighted by molar-refractivity contribution is -0.165. The number of aromatic nitrogens is 3. The predicted octanol–water partition coefficient (Wildman–Crippen LogP) is 4.72. The number of halogens is 2. The van der Waals surface area contributed by atoms with Crippen molar-refractivity contribution in [2.24, 2.45) is 0 Å². The van der Waals surface area contributed by atoms with Crippen molar-refractivity contribution in [2.75, 3.05) is 26.4 Å². The Morgan fingerprint density at radius 2 is 1.89 bits per heavy atom. The molecule has 0 saturated carbocycles. The molecular formula is C31H32F2N4O6S. The van der Waals surface area contributed by atoms with Crippen molar-refractivity contribution in [3.8, 4) is 5.75 Å². The fraction of sp³-hybridized carbons (Fsp3) is 0.387. The van der Waals surface area contributed by atoms with Crippen LogP contribution in [0.1, 0.15) is 59.3 Å². The third-order valence-electron chi connectivity index (χ3n) is 8.25. The molecule has 0 bridgehead atoms. The van der Waals surface area contributed by atoms with E-state index in [4.69, 9.17) is 14.2 Å². The first-order valence-corrected chi connectivity index (χ1v) is 15.7. The molecule has 4 aromatic rings. The normalized spacial score (nSPS) is 18.0. The number of carbonyl (C=O) groups is 1. The quantitative estimate of drug-likeness (QED) is 0.258. The third kappa shape index (κ3) is 5.33. The predicted molar refractivity (Wildman–Crippen MR) is 155 cm³/mol. The summed E-state index contributed by atoms with van der Waals surface area (Å²) < 4.78 is 74.5. The summed E-state index contributed by atoms with van der Waals surface area (Å²) in [6, 6.07) is 14.0. The van der Waals surface area contributed by atoms with E-state index in [2.05, 4.69) is 10.2 Å². The van der Waals surface area contributed by atoms with Gasteiger partial charge in [0.2, 0.25) is 15.8 Å². The first-order chi connectivity index (χ1) is 21.0. The molecule has 2 aliphatic heterocycles.